The molecule has 204 valence electrons. The van der Waals surface area contributed by atoms with Crippen molar-refractivity contribution >= 4 is 34.4 Å². The van der Waals surface area contributed by atoms with Gasteiger partial charge in [0.15, 0.2) is 0 Å². The second kappa shape index (κ2) is 10.7. The van der Waals surface area contributed by atoms with Crippen LogP contribution in [-0.2, 0) is 14.4 Å². The first-order valence-corrected chi connectivity index (χ1v) is 13.3. The number of hydrogen-bond acceptors (Lipinski definition) is 7. The Labute approximate surface area is 220 Å². The van der Waals surface area contributed by atoms with Crippen molar-refractivity contribution in [2.45, 2.75) is 56.8 Å². The van der Waals surface area contributed by atoms with Crippen molar-refractivity contribution in [1.82, 2.24) is 20.5 Å². The first-order chi connectivity index (χ1) is 18.3. The molecule has 3 heterocycles. The molecule has 6 atom stereocenters. The van der Waals surface area contributed by atoms with E-state index in [4.69, 9.17) is 10.5 Å². The number of primary amides is 1. The molecule has 1 aromatic carbocycles. The van der Waals surface area contributed by atoms with E-state index in [0.29, 0.717) is 31.0 Å². The van der Waals surface area contributed by atoms with E-state index in [1.54, 1.807) is 18.1 Å². The molecule has 11 nitrogen and oxygen atoms in total. The van der Waals surface area contributed by atoms with Crippen molar-refractivity contribution in [3.05, 3.63) is 30.0 Å². The third kappa shape index (κ3) is 4.88. The summed E-state index contributed by atoms with van der Waals surface area (Å²) in [6.07, 6.45) is 3.38. The number of amides is 3. The number of nitrogens with zero attached hydrogens (tertiary/aromatic N) is 1. The van der Waals surface area contributed by atoms with Gasteiger partial charge in [-0.25, -0.2) is 0 Å². The highest BCUT2D eigenvalue weighted by Gasteiger charge is 2.50. The number of likely N-dealkylation sites (tertiary alicyclic amines) is 1. The average molecular weight is 526 g/mol. The standard InChI is InChI=1S/C27H35N5O6/c1-38-21-9-3-8-18-17(21)12-20(30-18)27(37)32-13-15-5-2-7-16(15)22(32)26(36)31-19(23(33)24(28)34)11-14-6-4-10-29-25(14)35/h3,8-9,12,14-16,19,22,25,29-30,35H,2,4-7,10-11,13H2,1H3,(H2,28,34)(H,31,36). The number of piperidine rings is 1. The summed E-state index contributed by atoms with van der Waals surface area (Å²) in [6.45, 7) is 1.09. The molecule has 1 aromatic heterocycles. The highest BCUT2D eigenvalue weighted by Crippen LogP contribution is 2.43. The molecule has 38 heavy (non-hydrogen) atoms. The van der Waals surface area contributed by atoms with Crippen LogP contribution in [0.4, 0.5) is 0 Å². The summed E-state index contributed by atoms with van der Waals surface area (Å²) in [5.74, 6) is -2.36. The fraction of sp³-hybridized carbons (Fsp3) is 0.556. The van der Waals surface area contributed by atoms with Crippen LogP contribution in [0.15, 0.2) is 24.3 Å². The van der Waals surface area contributed by atoms with Crippen LogP contribution in [0.5, 0.6) is 5.75 Å². The summed E-state index contributed by atoms with van der Waals surface area (Å²) in [6, 6.07) is 5.28. The number of nitrogens with one attached hydrogen (secondary N) is 3. The Morgan fingerprint density at radius 2 is 2.03 bits per heavy atom. The maximum Gasteiger partial charge on any atom is 0.287 e. The predicted molar refractivity (Wildman–Crippen MR) is 138 cm³/mol. The third-order valence-electron chi connectivity index (χ3n) is 8.46. The first kappa shape index (κ1) is 26.2. The fourth-order valence-corrected chi connectivity index (χ4v) is 6.57. The topological polar surface area (TPSA) is 167 Å². The molecule has 5 rings (SSSR count). The first-order valence-electron chi connectivity index (χ1n) is 13.3. The van der Waals surface area contributed by atoms with E-state index in [0.717, 1.165) is 36.6 Å². The number of ketones is 1. The molecule has 2 aliphatic heterocycles. The van der Waals surface area contributed by atoms with Gasteiger partial charge < -0.3 is 30.8 Å². The summed E-state index contributed by atoms with van der Waals surface area (Å²) in [4.78, 5) is 56.7. The lowest BCUT2D eigenvalue weighted by atomic mass is 9.88. The number of fused-ring (bicyclic) bond motifs is 2. The molecule has 3 aliphatic rings. The Hall–Kier alpha value is -3.44. The minimum Gasteiger partial charge on any atom is -0.496 e. The molecule has 6 N–H and O–H groups in total. The second-order valence-electron chi connectivity index (χ2n) is 10.7. The van der Waals surface area contributed by atoms with Gasteiger partial charge in [-0.2, -0.15) is 0 Å². The van der Waals surface area contributed by atoms with Crippen LogP contribution in [0.3, 0.4) is 0 Å². The van der Waals surface area contributed by atoms with Crippen molar-refractivity contribution in [2.75, 3.05) is 20.2 Å². The summed E-state index contributed by atoms with van der Waals surface area (Å²) < 4.78 is 5.42. The average Bonchev–Trinajstić information content (AvgIpc) is 3.62. The number of aromatic nitrogens is 1. The number of hydrogen-bond donors (Lipinski definition) is 5. The molecular formula is C27H35N5O6. The van der Waals surface area contributed by atoms with Gasteiger partial charge in [-0.1, -0.05) is 12.5 Å². The van der Waals surface area contributed by atoms with Gasteiger partial charge in [-0.05, 0) is 68.7 Å². The van der Waals surface area contributed by atoms with E-state index in [1.165, 1.54) is 0 Å². The van der Waals surface area contributed by atoms with E-state index < -0.39 is 35.9 Å². The monoisotopic (exact) mass is 525 g/mol. The van der Waals surface area contributed by atoms with Crippen molar-refractivity contribution in [3.63, 3.8) is 0 Å². The van der Waals surface area contributed by atoms with Crippen LogP contribution in [0.1, 0.15) is 49.0 Å². The van der Waals surface area contributed by atoms with Gasteiger partial charge in [-0.15, -0.1) is 0 Å². The number of H-pyrrole nitrogens is 1. The number of methoxy groups -OCH3 is 1. The smallest absolute Gasteiger partial charge is 0.287 e. The molecular weight excluding hydrogens is 490 g/mol. The SMILES string of the molecule is COc1cccc2[nH]c(C(=O)N3CC4CCCC4C3C(=O)NC(CC3CCCNC3O)C(=O)C(N)=O)cc12. The zero-order chi connectivity index (χ0) is 27.0. The second-order valence-corrected chi connectivity index (χ2v) is 10.7. The number of carbonyl (C=O) groups excluding carboxylic acids is 4. The summed E-state index contributed by atoms with van der Waals surface area (Å²) in [7, 11) is 1.57. The van der Waals surface area contributed by atoms with Gasteiger partial charge in [0, 0.05) is 23.4 Å². The highest BCUT2D eigenvalue weighted by molar-refractivity contribution is 6.37. The number of Topliss-reactive ketones (excluding diaryl/α,β-unsaturated/α-hetero) is 1. The van der Waals surface area contributed by atoms with Crippen LogP contribution in [0, 0.1) is 17.8 Å². The molecule has 6 unspecified atom stereocenters. The minimum absolute atomic E-state index is 0.0378. The zero-order valence-electron chi connectivity index (χ0n) is 21.4. The van der Waals surface area contributed by atoms with Gasteiger partial charge >= 0.3 is 0 Å². The third-order valence-corrected chi connectivity index (χ3v) is 8.46. The molecule has 3 fully saturated rings. The largest absolute Gasteiger partial charge is 0.496 e. The van der Waals surface area contributed by atoms with Crippen LogP contribution in [0.25, 0.3) is 10.9 Å². The molecule has 3 amide bonds. The summed E-state index contributed by atoms with van der Waals surface area (Å²) in [5.41, 5.74) is 6.41. The lowest BCUT2D eigenvalue weighted by Gasteiger charge is -2.32. The Bertz CT molecular complexity index is 1240. The Morgan fingerprint density at radius 1 is 1.21 bits per heavy atom. The van der Waals surface area contributed by atoms with Crippen molar-refractivity contribution in [3.8, 4) is 5.75 Å². The Kier molecular flexibility index (Phi) is 7.40. The molecule has 0 radical (unpaired) electrons. The van der Waals surface area contributed by atoms with Crippen molar-refractivity contribution in [2.24, 2.45) is 23.5 Å². The van der Waals surface area contributed by atoms with Crippen LogP contribution in [0.2, 0.25) is 0 Å². The number of ether oxygens (including phenoxy) is 1. The number of aromatic amines is 1. The Balaban J connectivity index is 1.40. The van der Waals surface area contributed by atoms with E-state index in [-0.39, 0.29) is 30.1 Å². The molecule has 0 bridgehead atoms. The molecule has 11 heteroatoms. The fourth-order valence-electron chi connectivity index (χ4n) is 6.57. The maximum absolute atomic E-state index is 13.7. The summed E-state index contributed by atoms with van der Waals surface area (Å²) in [5, 5.41) is 16.8. The van der Waals surface area contributed by atoms with Gasteiger partial charge in [0.25, 0.3) is 11.8 Å². The molecule has 2 aromatic rings. The molecule has 1 saturated carbocycles. The highest BCUT2D eigenvalue weighted by atomic mass is 16.5. The number of aliphatic hydroxyl groups is 1. The van der Waals surface area contributed by atoms with E-state index >= 15 is 0 Å². The zero-order valence-corrected chi connectivity index (χ0v) is 21.4. The van der Waals surface area contributed by atoms with Gasteiger partial charge in [0.05, 0.1) is 13.2 Å². The number of aliphatic hydroxyl groups excluding tert-OH is 1. The lowest BCUT2D eigenvalue weighted by Crippen LogP contribution is -2.55. The lowest BCUT2D eigenvalue weighted by molar-refractivity contribution is -0.139. The van der Waals surface area contributed by atoms with Crippen LogP contribution in [-0.4, -0.2) is 77.0 Å². The van der Waals surface area contributed by atoms with E-state index in [9.17, 15) is 24.3 Å². The normalized spacial score (nSPS) is 27.6. The van der Waals surface area contributed by atoms with Gasteiger partial charge in [0.1, 0.15) is 23.7 Å². The number of carbonyl (C=O) groups is 4. The quantitative estimate of drug-likeness (QED) is 0.316. The predicted octanol–water partition coefficient (Wildman–Crippen LogP) is 0.665. The number of rotatable bonds is 8. The van der Waals surface area contributed by atoms with Crippen LogP contribution >= 0.6 is 0 Å². The minimum atomic E-state index is -1.17. The molecule has 1 aliphatic carbocycles. The van der Waals surface area contributed by atoms with Crippen molar-refractivity contribution in [1.29, 1.82) is 0 Å². The maximum atomic E-state index is 13.7. The number of nitrogens with two attached hydrogens (primary N) is 1. The van der Waals surface area contributed by atoms with E-state index in [2.05, 4.69) is 15.6 Å². The van der Waals surface area contributed by atoms with Gasteiger partial charge in [0.2, 0.25) is 11.7 Å². The van der Waals surface area contributed by atoms with Crippen molar-refractivity contribution < 1.29 is 29.0 Å². The Morgan fingerprint density at radius 3 is 2.76 bits per heavy atom. The molecule has 2 saturated heterocycles. The van der Waals surface area contributed by atoms with Gasteiger partial charge in [-0.3, -0.25) is 24.5 Å². The summed E-state index contributed by atoms with van der Waals surface area (Å²) >= 11 is 0. The molecule has 0 spiro atoms. The van der Waals surface area contributed by atoms with E-state index in [1.807, 2.05) is 18.2 Å². The number of benzene rings is 1. The van der Waals surface area contributed by atoms with Crippen LogP contribution < -0.4 is 21.1 Å².